The number of benzene rings is 1. The number of hydrogen-bond donors (Lipinski definition) is 2. The van der Waals surface area contributed by atoms with Gasteiger partial charge in [0.15, 0.2) is 0 Å². The quantitative estimate of drug-likeness (QED) is 0.890. The van der Waals surface area contributed by atoms with Gasteiger partial charge in [-0.05, 0) is 37.2 Å². The zero-order valence-electron chi connectivity index (χ0n) is 9.90. The number of rotatable bonds is 3. The summed E-state index contributed by atoms with van der Waals surface area (Å²) in [4.78, 5) is 2.41. The second-order valence-corrected chi connectivity index (χ2v) is 5.46. The summed E-state index contributed by atoms with van der Waals surface area (Å²) in [5.74, 6) is 0. The Morgan fingerprint density at radius 1 is 1.35 bits per heavy atom. The third-order valence-electron chi connectivity index (χ3n) is 3.10. The van der Waals surface area contributed by atoms with Crippen LogP contribution in [0.4, 0.5) is 0 Å². The monoisotopic (exact) mass is 298 g/mol. The lowest BCUT2D eigenvalue weighted by Crippen LogP contribution is -2.39. The van der Waals surface area contributed by atoms with Gasteiger partial charge in [0.25, 0.3) is 0 Å². The van der Waals surface area contributed by atoms with Crippen molar-refractivity contribution >= 4 is 15.9 Å². The number of aliphatic hydroxyl groups is 1. The van der Waals surface area contributed by atoms with Gasteiger partial charge in [0, 0.05) is 23.6 Å². The van der Waals surface area contributed by atoms with E-state index in [0.29, 0.717) is 0 Å². The van der Waals surface area contributed by atoms with Crippen molar-refractivity contribution in [3.63, 3.8) is 0 Å². The molecule has 1 aliphatic rings. The molecule has 1 atom stereocenters. The maximum absolute atomic E-state index is 9.24. The predicted octanol–water partition coefficient (Wildman–Crippen LogP) is 1.61. The Morgan fingerprint density at radius 2 is 2.12 bits per heavy atom. The van der Waals surface area contributed by atoms with E-state index in [1.54, 1.807) is 0 Å². The largest absolute Gasteiger partial charge is 0.395 e. The molecule has 0 bridgehead atoms. The van der Waals surface area contributed by atoms with Gasteiger partial charge in [-0.2, -0.15) is 0 Å². The van der Waals surface area contributed by atoms with Gasteiger partial charge in [-0.1, -0.05) is 28.1 Å². The molecule has 2 N–H and O–H groups in total. The van der Waals surface area contributed by atoms with Crippen molar-refractivity contribution in [1.29, 1.82) is 0 Å². The fourth-order valence-corrected chi connectivity index (χ4v) is 2.45. The summed E-state index contributed by atoms with van der Waals surface area (Å²) in [5, 5.41) is 12.6. The Hall–Kier alpha value is -0.420. The van der Waals surface area contributed by atoms with Crippen molar-refractivity contribution in [3.8, 4) is 0 Å². The van der Waals surface area contributed by atoms with E-state index < -0.39 is 0 Å². The predicted molar refractivity (Wildman–Crippen MR) is 72.9 cm³/mol. The molecule has 1 aliphatic heterocycles. The lowest BCUT2D eigenvalue weighted by molar-refractivity contribution is 0.196. The summed E-state index contributed by atoms with van der Waals surface area (Å²) in [7, 11) is 0. The molecule has 1 aromatic carbocycles. The molecule has 0 aliphatic carbocycles. The molecule has 1 heterocycles. The first kappa shape index (κ1) is 13.0. The van der Waals surface area contributed by atoms with Gasteiger partial charge in [0.1, 0.15) is 0 Å². The molecule has 17 heavy (non-hydrogen) atoms. The SMILES string of the molecule is OCC1CN(Cc2ccc(Br)cc2)CCCN1. The van der Waals surface area contributed by atoms with Crippen LogP contribution in [-0.2, 0) is 6.54 Å². The number of nitrogens with zero attached hydrogens (tertiary/aromatic N) is 1. The van der Waals surface area contributed by atoms with Gasteiger partial charge >= 0.3 is 0 Å². The molecule has 0 aromatic heterocycles. The summed E-state index contributed by atoms with van der Waals surface area (Å²) < 4.78 is 1.12. The van der Waals surface area contributed by atoms with E-state index in [0.717, 1.165) is 37.1 Å². The van der Waals surface area contributed by atoms with Crippen LogP contribution in [0, 0.1) is 0 Å². The highest BCUT2D eigenvalue weighted by Gasteiger charge is 2.16. The minimum atomic E-state index is 0.216. The summed E-state index contributed by atoms with van der Waals surface area (Å²) in [6.45, 7) is 4.20. The molecule has 0 spiro atoms. The molecule has 0 saturated carbocycles. The highest BCUT2D eigenvalue weighted by molar-refractivity contribution is 9.10. The Balaban J connectivity index is 1.94. The van der Waals surface area contributed by atoms with Crippen LogP contribution in [0.2, 0.25) is 0 Å². The van der Waals surface area contributed by atoms with E-state index in [1.165, 1.54) is 5.56 Å². The molecule has 4 heteroatoms. The van der Waals surface area contributed by atoms with Crippen LogP contribution in [0.15, 0.2) is 28.7 Å². The van der Waals surface area contributed by atoms with Crippen LogP contribution < -0.4 is 5.32 Å². The molecular weight excluding hydrogens is 280 g/mol. The molecule has 0 radical (unpaired) electrons. The lowest BCUT2D eigenvalue weighted by atomic mass is 10.2. The fourth-order valence-electron chi connectivity index (χ4n) is 2.19. The summed E-state index contributed by atoms with van der Waals surface area (Å²) >= 11 is 3.45. The van der Waals surface area contributed by atoms with Crippen LogP contribution in [0.5, 0.6) is 0 Å². The second kappa shape index (κ2) is 6.50. The first-order chi connectivity index (χ1) is 8.28. The van der Waals surface area contributed by atoms with Crippen LogP contribution in [-0.4, -0.2) is 42.3 Å². The number of halogens is 1. The third kappa shape index (κ3) is 4.07. The topological polar surface area (TPSA) is 35.5 Å². The zero-order chi connectivity index (χ0) is 12.1. The zero-order valence-corrected chi connectivity index (χ0v) is 11.5. The average molecular weight is 299 g/mol. The van der Waals surface area contributed by atoms with Gasteiger partial charge in [0.2, 0.25) is 0 Å². The molecule has 3 nitrogen and oxygen atoms in total. The minimum Gasteiger partial charge on any atom is -0.395 e. The van der Waals surface area contributed by atoms with Crippen molar-refractivity contribution in [2.45, 2.75) is 19.0 Å². The normalized spacial score (nSPS) is 22.4. The Bertz CT molecular complexity index is 342. The first-order valence-corrected chi connectivity index (χ1v) is 6.88. The Labute approximate surface area is 111 Å². The van der Waals surface area contributed by atoms with Crippen molar-refractivity contribution in [1.82, 2.24) is 10.2 Å². The van der Waals surface area contributed by atoms with E-state index in [1.807, 2.05) is 0 Å². The number of hydrogen-bond acceptors (Lipinski definition) is 3. The molecule has 94 valence electrons. The standard InChI is InChI=1S/C13H19BrN2O/c14-12-4-2-11(3-5-12)8-16-7-1-6-15-13(9-16)10-17/h2-5,13,15,17H,1,6-10H2. The number of aliphatic hydroxyl groups excluding tert-OH is 1. The first-order valence-electron chi connectivity index (χ1n) is 6.09. The van der Waals surface area contributed by atoms with Gasteiger partial charge < -0.3 is 10.4 Å². The molecule has 1 fully saturated rings. The molecule has 1 saturated heterocycles. The van der Waals surface area contributed by atoms with Crippen molar-refractivity contribution in [2.75, 3.05) is 26.2 Å². The average Bonchev–Trinajstić information content (AvgIpc) is 2.57. The van der Waals surface area contributed by atoms with Crippen molar-refractivity contribution in [3.05, 3.63) is 34.3 Å². The van der Waals surface area contributed by atoms with E-state index in [2.05, 4.69) is 50.4 Å². The molecular formula is C13H19BrN2O. The highest BCUT2D eigenvalue weighted by atomic mass is 79.9. The Morgan fingerprint density at radius 3 is 2.82 bits per heavy atom. The highest BCUT2D eigenvalue weighted by Crippen LogP contribution is 2.13. The smallest absolute Gasteiger partial charge is 0.0597 e. The second-order valence-electron chi connectivity index (χ2n) is 4.55. The molecule has 2 rings (SSSR count). The van der Waals surface area contributed by atoms with Crippen LogP contribution >= 0.6 is 15.9 Å². The van der Waals surface area contributed by atoms with Crippen molar-refractivity contribution in [2.24, 2.45) is 0 Å². The van der Waals surface area contributed by atoms with Crippen LogP contribution in [0.3, 0.4) is 0 Å². The van der Waals surface area contributed by atoms with E-state index in [9.17, 15) is 5.11 Å². The maximum Gasteiger partial charge on any atom is 0.0597 e. The van der Waals surface area contributed by atoms with E-state index in [-0.39, 0.29) is 12.6 Å². The van der Waals surface area contributed by atoms with Gasteiger partial charge in [-0.15, -0.1) is 0 Å². The molecule has 0 amide bonds. The number of nitrogens with one attached hydrogen (secondary N) is 1. The van der Waals surface area contributed by atoms with E-state index >= 15 is 0 Å². The van der Waals surface area contributed by atoms with Crippen molar-refractivity contribution < 1.29 is 5.11 Å². The lowest BCUT2D eigenvalue weighted by Gasteiger charge is -2.23. The van der Waals surface area contributed by atoms with Gasteiger partial charge in [-0.25, -0.2) is 0 Å². The van der Waals surface area contributed by atoms with Gasteiger partial charge in [0.05, 0.1) is 6.61 Å². The fraction of sp³-hybridized carbons (Fsp3) is 0.538. The minimum absolute atomic E-state index is 0.216. The maximum atomic E-state index is 9.24. The summed E-state index contributed by atoms with van der Waals surface area (Å²) in [6, 6.07) is 8.67. The van der Waals surface area contributed by atoms with Gasteiger partial charge in [-0.3, -0.25) is 4.90 Å². The summed E-state index contributed by atoms with van der Waals surface area (Å²) in [6.07, 6.45) is 1.15. The third-order valence-corrected chi connectivity index (χ3v) is 3.63. The molecule has 1 unspecified atom stereocenters. The van der Waals surface area contributed by atoms with E-state index in [4.69, 9.17) is 0 Å². The molecule has 1 aromatic rings. The summed E-state index contributed by atoms with van der Waals surface area (Å²) in [5.41, 5.74) is 1.33. The van der Waals surface area contributed by atoms with Crippen LogP contribution in [0.1, 0.15) is 12.0 Å². The van der Waals surface area contributed by atoms with Crippen LogP contribution in [0.25, 0.3) is 0 Å². The Kier molecular flexibility index (Phi) is 4.98.